The van der Waals surface area contributed by atoms with Crippen LogP contribution in [-0.2, 0) is 4.79 Å². The highest BCUT2D eigenvalue weighted by Gasteiger charge is 2.07. The van der Waals surface area contributed by atoms with Crippen LogP contribution in [0, 0.1) is 6.92 Å². The average Bonchev–Trinajstić information content (AvgIpc) is 2.49. The number of carbonyl (C=O) groups excluding carboxylic acids is 1. The van der Waals surface area contributed by atoms with Gasteiger partial charge in [-0.3, -0.25) is 4.79 Å². The van der Waals surface area contributed by atoms with Crippen molar-refractivity contribution in [2.24, 2.45) is 5.73 Å². The number of hydrogen-bond donors (Lipinski definition) is 2. The maximum atomic E-state index is 12.0. The van der Waals surface area contributed by atoms with Crippen molar-refractivity contribution in [2.75, 3.05) is 11.9 Å². The van der Waals surface area contributed by atoms with Crippen LogP contribution in [0.15, 0.2) is 23.1 Å². The number of thioether (sulfide) groups is 1. The molecule has 1 atom stereocenters. The zero-order valence-corrected chi connectivity index (χ0v) is 15.0. The highest BCUT2D eigenvalue weighted by Crippen LogP contribution is 2.28. The molecule has 0 saturated carbocycles. The summed E-state index contributed by atoms with van der Waals surface area (Å²) >= 11 is 1.88. The third kappa shape index (κ3) is 7.32. The summed E-state index contributed by atoms with van der Waals surface area (Å²) in [5.74, 6) is 0.109. The van der Waals surface area contributed by atoms with E-state index < -0.39 is 0 Å². The van der Waals surface area contributed by atoms with Crippen LogP contribution in [-0.4, -0.2) is 17.7 Å². The topological polar surface area (TPSA) is 55.1 Å². The van der Waals surface area contributed by atoms with Gasteiger partial charge in [0.25, 0.3) is 0 Å². The van der Waals surface area contributed by atoms with Gasteiger partial charge in [0, 0.05) is 22.3 Å². The van der Waals surface area contributed by atoms with E-state index in [1.165, 1.54) is 4.90 Å². The summed E-state index contributed by atoms with van der Waals surface area (Å²) in [6, 6.07) is 6.28. The first-order valence-electron chi connectivity index (χ1n) is 8.34. The molecular formula is C18H30N2OS. The van der Waals surface area contributed by atoms with Crippen LogP contribution in [0.2, 0.25) is 0 Å². The van der Waals surface area contributed by atoms with Gasteiger partial charge in [0.1, 0.15) is 0 Å². The molecule has 1 rings (SSSR count). The number of hydrogen-bond acceptors (Lipinski definition) is 3. The second kappa shape index (κ2) is 10.7. The highest BCUT2D eigenvalue weighted by atomic mass is 32.2. The van der Waals surface area contributed by atoms with Gasteiger partial charge in [0.05, 0.1) is 0 Å². The van der Waals surface area contributed by atoms with Gasteiger partial charge < -0.3 is 11.1 Å². The van der Waals surface area contributed by atoms with Crippen LogP contribution < -0.4 is 11.1 Å². The summed E-state index contributed by atoms with van der Waals surface area (Å²) in [6.45, 7) is 7.23. The van der Waals surface area contributed by atoms with Gasteiger partial charge in [0.2, 0.25) is 5.91 Å². The van der Waals surface area contributed by atoms with E-state index >= 15 is 0 Å². The van der Waals surface area contributed by atoms with Gasteiger partial charge in [-0.1, -0.05) is 26.7 Å². The Morgan fingerprint density at radius 3 is 2.64 bits per heavy atom. The number of amides is 1. The van der Waals surface area contributed by atoms with E-state index in [0.29, 0.717) is 11.7 Å². The molecule has 3 nitrogen and oxygen atoms in total. The van der Waals surface area contributed by atoms with Crippen molar-refractivity contribution in [3.63, 3.8) is 0 Å². The van der Waals surface area contributed by atoms with Gasteiger partial charge in [-0.05, 0) is 56.5 Å². The van der Waals surface area contributed by atoms with E-state index in [2.05, 4.69) is 38.2 Å². The zero-order chi connectivity index (χ0) is 16.4. The first-order valence-corrected chi connectivity index (χ1v) is 9.22. The summed E-state index contributed by atoms with van der Waals surface area (Å²) in [4.78, 5) is 13.2. The third-order valence-corrected chi connectivity index (χ3v) is 5.00. The fourth-order valence-corrected chi connectivity index (χ4v) is 3.18. The van der Waals surface area contributed by atoms with E-state index in [4.69, 9.17) is 5.73 Å². The number of nitrogens with two attached hydrogens (primary N) is 1. The number of benzene rings is 1. The van der Waals surface area contributed by atoms with Gasteiger partial charge in [-0.2, -0.15) is 0 Å². The molecule has 0 radical (unpaired) electrons. The number of unbranched alkanes of at least 4 members (excludes halogenated alkanes) is 3. The van der Waals surface area contributed by atoms with E-state index in [1.54, 1.807) is 0 Å². The monoisotopic (exact) mass is 322 g/mol. The Balaban J connectivity index is 2.43. The number of aryl methyl sites for hydroxylation is 1. The fourth-order valence-electron chi connectivity index (χ4n) is 2.16. The van der Waals surface area contributed by atoms with Gasteiger partial charge >= 0.3 is 0 Å². The summed E-state index contributed by atoms with van der Waals surface area (Å²) in [6.07, 6.45) is 5.93. The molecule has 1 unspecified atom stereocenters. The molecule has 1 amide bonds. The second-order valence-electron chi connectivity index (χ2n) is 5.81. The van der Waals surface area contributed by atoms with Gasteiger partial charge in [0.15, 0.2) is 0 Å². The Kier molecular flexibility index (Phi) is 9.25. The number of rotatable bonds is 10. The van der Waals surface area contributed by atoms with Crippen LogP contribution >= 0.6 is 11.8 Å². The number of anilines is 1. The Hall–Kier alpha value is -1.00. The SMILES string of the molecule is CCC(C)Sc1ccc(NC(=O)CCCCCCN)c(C)c1. The summed E-state index contributed by atoms with van der Waals surface area (Å²) in [5, 5.41) is 3.64. The summed E-state index contributed by atoms with van der Waals surface area (Å²) in [7, 11) is 0. The Bertz CT molecular complexity index is 462. The molecule has 1 aromatic rings. The lowest BCUT2D eigenvalue weighted by molar-refractivity contribution is -0.116. The zero-order valence-electron chi connectivity index (χ0n) is 14.2. The molecule has 0 fully saturated rings. The average molecular weight is 323 g/mol. The van der Waals surface area contributed by atoms with Crippen molar-refractivity contribution in [3.8, 4) is 0 Å². The molecule has 3 N–H and O–H groups in total. The third-order valence-electron chi connectivity index (χ3n) is 3.74. The maximum absolute atomic E-state index is 12.0. The minimum absolute atomic E-state index is 0.109. The molecule has 0 bridgehead atoms. The van der Waals surface area contributed by atoms with E-state index in [0.717, 1.165) is 49.9 Å². The second-order valence-corrected chi connectivity index (χ2v) is 7.33. The molecule has 0 aliphatic carbocycles. The predicted molar refractivity (Wildman–Crippen MR) is 97.6 cm³/mol. The van der Waals surface area contributed by atoms with Crippen molar-refractivity contribution in [2.45, 2.75) is 69.4 Å². The lowest BCUT2D eigenvalue weighted by atomic mass is 10.1. The molecule has 0 aliphatic rings. The molecule has 4 heteroatoms. The van der Waals surface area contributed by atoms with E-state index in [-0.39, 0.29) is 5.91 Å². The molecule has 0 spiro atoms. The van der Waals surface area contributed by atoms with E-state index in [1.807, 2.05) is 17.8 Å². The molecule has 0 aromatic heterocycles. The lowest BCUT2D eigenvalue weighted by Gasteiger charge is -2.12. The van der Waals surface area contributed by atoms with Crippen LogP contribution in [0.3, 0.4) is 0 Å². The van der Waals surface area contributed by atoms with Crippen LogP contribution in [0.1, 0.15) is 57.9 Å². The first kappa shape index (κ1) is 19.0. The fraction of sp³-hybridized carbons (Fsp3) is 0.611. The van der Waals surface area contributed by atoms with Crippen LogP contribution in [0.25, 0.3) is 0 Å². The normalized spacial score (nSPS) is 12.2. The first-order chi connectivity index (χ1) is 10.6. The molecule has 1 aromatic carbocycles. The number of carbonyl (C=O) groups is 1. The summed E-state index contributed by atoms with van der Waals surface area (Å²) in [5.41, 5.74) is 7.52. The Labute approximate surface area is 139 Å². The largest absolute Gasteiger partial charge is 0.330 e. The van der Waals surface area contributed by atoms with Crippen molar-refractivity contribution in [1.82, 2.24) is 0 Å². The number of nitrogens with one attached hydrogen (secondary N) is 1. The quantitative estimate of drug-likeness (QED) is 0.483. The summed E-state index contributed by atoms with van der Waals surface area (Å²) < 4.78 is 0. The minimum atomic E-state index is 0.109. The minimum Gasteiger partial charge on any atom is -0.330 e. The van der Waals surface area contributed by atoms with Crippen molar-refractivity contribution >= 4 is 23.4 Å². The van der Waals surface area contributed by atoms with Gasteiger partial charge in [-0.15, -0.1) is 11.8 Å². The van der Waals surface area contributed by atoms with Gasteiger partial charge in [-0.25, -0.2) is 0 Å². The van der Waals surface area contributed by atoms with Crippen molar-refractivity contribution in [1.29, 1.82) is 0 Å². The standard InChI is InChI=1S/C18H30N2OS/c1-4-15(3)22-16-10-11-17(14(2)13-16)20-18(21)9-7-5-6-8-12-19/h10-11,13,15H,4-9,12,19H2,1-3H3,(H,20,21). The molecular weight excluding hydrogens is 292 g/mol. The molecule has 0 saturated heterocycles. The maximum Gasteiger partial charge on any atom is 0.224 e. The predicted octanol–water partition coefficient (Wildman–Crippen LogP) is 4.73. The van der Waals surface area contributed by atoms with Crippen LogP contribution in [0.4, 0.5) is 5.69 Å². The van der Waals surface area contributed by atoms with Crippen molar-refractivity contribution < 1.29 is 4.79 Å². The molecule has 124 valence electrons. The molecule has 0 heterocycles. The molecule has 22 heavy (non-hydrogen) atoms. The highest BCUT2D eigenvalue weighted by molar-refractivity contribution is 7.99. The van der Waals surface area contributed by atoms with Crippen LogP contribution in [0.5, 0.6) is 0 Å². The van der Waals surface area contributed by atoms with E-state index in [9.17, 15) is 4.79 Å². The Morgan fingerprint density at radius 1 is 1.27 bits per heavy atom. The van der Waals surface area contributed by atoms with Crippen molar-refractivity contribution in [3.05, 3.63) is 23.8 Å². The molecule has 0 aliphatic heterocycles. The lowest BCUT2D eigenvalue weighted by Crippen LogP contribution is -2.12. The smallest absolute Gasteiger partial charge is 0.224 e. The Morgan fingerprint density at radius 2 is 2.00 bits per heavy atom.